The van der Waals surface area contributed by atoms with E-state index in [2.05, 4.69) is 15.6 Å². The summed E-state index contributed by atoms with van der Waals surface area (Å²) in [5.41, 5.74) is 1.58. The van der Waals surface area contributed by atoms with Crippen molar-refractivity contribution in [1.29, 1.82) is 0 Å². The smallest absolute Gasteiger partial charge is 0.257 e. The lowest BCUT2D eigenvalue weighted by molar-refractivity contribution is -0.117. The van der Waals surface area contributed by atoms with Crippen molar-refractivity contribution in [2.75, 3.05) is 10.6 Å². The Hall–Kier alpha value is -2.79. The van der Waals surface area contributed by atoms with Crippen LogP contribution < -0.4 is 15.8 Å². The summed E-state index contributed by atoms with van der Waals surface area (Å²) in [6, 6.07) is 12.2. The van der Waals surface area contributed by atoms with E-state index in [4.69, 9.17) is 16.7 Å². The standard InChI is InChI=1S/C21H19ClN4O4S2/c22-13-6-4-12(5-7-13)19(27)26-21-25-18-16(2-1-3-17(18)31-21)20(28)24-14-8-10-15(11-9-14)32(23,29)30/h4-11,16H,1-3H2,(H,24,28)(H2,23,29,30)(H,25,26,27)/t16-/m1/s1. The van der Waals surface area contributed by atoms with Crippen molar-refractivity contribution in [3.05, 3.63) is 69.7 Å². The number of fused-ring (bicyclic) bond motifs is 1. The van der Waals surface area contributed by atoms with Gasteiger partial charge in [-0.1, -0.05) is 11.6 Å². The molecule has 8 nitrogen and oxygen atoms in total. The van der Waals surface area contributed by atoms with Crippen molar-refractivity contribution in [2.45, 2.75) is 30.1 Å². The highest BCUT2D eigenvalue weighted by atomic mass is 35.5. The van der Waals surface area contributed by atoms with Gasteiger partial charge in [-0.15, -0.1) is 11.3 Å². The van der Waals surface area contributed by atoms with Gasteiger partial charge in [0.15, 0.2) is 5.13 Å². The Morgan fingerprint density at radius 2 is 1.75 bits per heavy atom. The summed E-state index contributed by atoms with van der Waals surface area (Å²) in [4.78, 5) is 30.8. The van der Waals surface area contributed by atoms with Crippen molar-refractivity contribution in [2.24, 2.45) is 5.14 Å². The third-order valence-corrected chi connectivity index (χ3v) is 7.28. The second-order valence-corrected chi connectivity index (χ2v) is 10.4. The number of rotatable bonds is 5. The molecule has 0 saturated heterocycles. The lowest BCUT2D eigenvalue weighted by Crippen LogP contribution is -2.24. The van der Waals surface area contributed by atoms with Crippen LogP contribution >= 0.6 is 22.9 Å². The van der Waals surface area contributed by atoms with Crippen LogP contribution in [-0.2, 0) is 21.2 Å². The summed E-state index contributed by atoms with van der Waals surface area (Å²) in [7, 11) is -3.80. The van der Waals surface area contributed by atoms with Crippen molar-refractivity contribution >= 4 is 55.6 Å². The predicted molar refractivity (Wildman–Crippen MR) is 124 cm³/mol. The molecule has 0 radical (unpaired) electrons. The van der Waals surface area contributed by atoms with E-state index in [1.165, 1.54) is 35.6 Å². The zero-order chi connectivity index (χ0) is 22.9. The Morgan fingerprint density at radius 1 is 1.06 bits per heavy atom. The lowest BCUT2D eigenvalue weighted by atomic mass is 9.90. The molecule has 11 heteroatoms. The maximum Gasteiger partial charge on any atom is 0.257 e. The zero-order valence-electron chi connectivity index (χ0n) is 16.7. The summed E-state index contributed by atoms with van der Waals surface area (Å²) >= 11 is 7.23. The number of hydrogen-bond donors (Lipinski definition) is 3. The summed E-state index contributed by atoms with van der Waals surface area (Å²) in [6.45, 7) is 0. The van der Waals surface area contributed by atoms with E-state index in [0.29, 0.717) is 33.5 Å². The van der Waals surface area contributed by atoms with E-state index >= 15 is 0 Å². The lowest BCUT2D eigenvalue weighted by Gasteiger charge is -2.20. The number of sulfonamides is 1. The van der Waals surface area contributed by atoms with Gasteiger partial charge in [0, 0.05) is 21.2 Å². The first-order valence-electron chi connectivity index (χ1n) is 9.71. The number of aryl methyl sites for hydroxylation is 1. The van der Waals surface area contributed by atoms with Gasteiger partial charge in [0.2, 0.25) is 15.9 Å². The Labute approximate surface area is 193 Å². The molecule has 1 atom stereocenters. The monoisotopic (exact) mass is 490 g/mol. The van der Waals surface area contributed by atoms with E-state index < -0.39 is 15.9 Å². The number of halogens is 1. The number of aromatic nitrogens is 1. The molecule has 1 aliphatic rings. The number of carbonyl (C=O) groups excluding carboxylic acids is 2. The predicted octanol–water partition coefficient (Wildman–Crippen LogP) is 3.75. The average molecular weight is 491 g/mol. The second-order valence-electron chi connectivity index (χ2n) is 7.29. The zero-order valence-corrected chi connectivity index (χ0v) is 19.1. The number of primary sulfonamides is 1. The topological polar surface area (TPSA) is 131 Å². The van der Waals surface area contributed by atoms with Crippen LogP contribution in [0, 0.1) is 0 Å². The van der Waals surface area contributed by atoms with Gasteiger partial charge in [0.05, 0.1) is 16.5 Å². The molecule has 0 fully saturated rings. The molecule has 4 N–H and O–H groups in total. The third kappa shape index (κ3) is 4.99. The molecule has 166 valence electrons. The fourth-order valence-corrected chi connectivity index (χ4v) is 5.16. The quantitative estimate of drug-likeness (QED) is 0.501. The molecule has 1 heterocycles. The summed E-state index contributed by atoms with van der Waals surface area (Å²) in [6.07, 6.45) is 2.24. The number of benzene rings is 2. The molecule has 1 aromatic heterocycles. The van der Waals surface area contributed by atoms with Crippen LogP contribution in [0.2, 0.25) is 5.02 Å². The van der Waals surface area contributed by atoms with Crippen LogP contribution in [0.3, 0.4) is 0 Å². The van der Waals surface area contributed by atoms with E-state index in [9.17, 15) is 18.0 Å². The van der Waals surface area contributed by atoms with Crippen LogP contribution in [0.5, 0.6) is 0 Å². The van der Waals surface area contributed by atoms with Gasteiger partial charge >= 0.3 is 0 Å². The number of amides is 2. The van der Waals surface area contributed by atoms with Crippen molar-refractivity contribution < 1.29 is 18.0 Å². The van der Waals surface area contributed by atoms with E-state index in [1.54, 1.807) is 24.3 Å². The van der Waals surface area contributed by atoms with Gasteiger partial charge in [-0.05, 0) is 67.8 Å². The fourth-order valence-electron chi connectivity index (χ4n) is 3.45. The molecule has 0 spiro atoms. The molecular formula is C21H19ClN4O4S2. The molecule has 2 amide bonds. The molecule has 0 saturated carbocycles. The van der Waals surface area contributed by atoms with Crippen molar-refractivity contribution in [3.63, 3.8) is 0 Å². The highest BCUT2D eigenvalue weighted by Crippen LogP contribution is 2.37. The molecule has 0 aliphatic heterocycles. The van der Waals surface area contributed by atoms with Gasteiger partial charge in [-0.25, -0.2) is 18.5 Å². The highest BCUT2D eigenvalue weighted by molar-refractivity contribution is 7.89. The van der Waals surface area contributed by atoms with Crippen LogP contribution in [0.25, 0.3) is 0 Å². The Balaban J connectivity index is 1.48. The van der Waals surface area contributed by atoms with Crippen molar-refractivity contribution in [3.8, 4) is 0 Å². The summed E-state index contributed by atoms with van der Waals surface area (Å²) in [5, 5.41) is 11.7. The van der Waals surface area contributed by atoms with Gasteiger partial charge < -0.3 is 5.32 Å². The molecule has 32 heavy (non-hydrogen) atoms. The number of nitrogens with two attached hydrogens (primary N) is 1. The minimum absolute atomic E-state index is 0.0315. The van der Waals surface area contributed by atoms with Crippen LogP contribution in [-0.4, -0.2) is 25.2 Å². The molecule has 0 unspecified atom stereocenters. The first-order chi connectivity index (χ1) is 15.2. The summed E-state index contributed by atoms with van der Waals surface area (Å²) < 4.78 is 22.8. The molecular weight excluding hydrogens is 472 g/mol. The first kappa shape index (κ1) is 22.4. The molecule has 3 aromatic rings. The van der Waals surface area contributed by atoms with Gasteiger partial charge in [0.25, 0.3) is 5.91 Å². The van der Waals surface area contributed by atoms with Crippen molar-refractivity contribution in [1.82, 2.24) is 4.98 Å². The normalized spacial score (nSPS) is 15.6. The van der Waals surface area contributed by atoms with Gasteiger partial charge in [-0.2, -0.15) is 0 Å². The van der Waals surface area contributed by atoms with E-state index in [0.717, 1.165) is 17.7 Å². The minimum Gasteiger partial charge on any atom is -0.326 e. The third-order valence-electron chi connectivity index (χ3n) is 5.05. The first-order valence-corrected chi connectivity index (χ1v) is 12.4. The Bertz CT molecular complexity index is 1270. The van der Waals surface area contributed by atoms with Crippen LogP contribution in [0.1, 0.15) is 39.7 Å². The summed E-state index contributed by atoms with van der Waals surface area (Å²) in [5.74, 6) is -1.01. The number of anilines is 2. The number of nitrogens with one attached hydrogen (secondary N) is 2. The van der Waals surface area contributed by atoms with Gasteiger partial charge in [-0.3, -0.25) is 14.9 Å². The Kier molecular flexibility index (Phi) is 6.29. The maximum absolute atomic E-state index is 12.9. The maximum atomic E-state index is 12.9. The molecule has 4 rings (SSSR count). The van der Waals surface area contributed by atoms with Gasteiger partial charge in [0.1, 0.15) is 0 Å². The molecule has 1 aliphatic carbocycles. The SMILES string of the molecule is NS(=O)(=O)c1ccc(NC(=O)[C@@H]2CCCc3sc(NC(=O)c4ccc(Cl)cc4)nc32)cc1. The fraction of sp³-hybridized carbons (Fsp3) is 0.190. The number of nitrogens with zero attached hydrogens (tertiary/aromatic N) is 1. The largest absolute Gasteiger partial charge is 0.326 e. The van der Waals surface area contributed by atoms with Crippen LogP contribution in [0.15, 0.2) is 53.4 Å². The van der Waals surface area contributed by atoms with E-state index in [1.807, 2.05) is 0 Å². The molecule has 0 bridgehead atoms. The number of hydrogen-bond acceptors (Lipinski definition) is 6. The Morgan fingerprint density at radius 3 is 2.41 bits per heavy atom. The van der Waals surface area contributed by atoms with Crippen LogP contribution in [0.4, 0.5) is 10.8 Å². The second kappa shape index (κ2) is 8.99. The highest BCUT2D eigenvalue weighted by Gasteiger charge is 2.30. The number of carbonyl (C=O) groups is 2. The van der Waals surface area contributed by atoms with E-state index in [-0.39, 0.29) is 16.7 Å². The number of thiazole rings is 1. The average Bonchev–Trinajstić information content (AvgIpc) is 3.16. The minimum atomic E-state index is -3.80. The molecule has 2 aromatic carbocycles.